The van der Waals surface area contributed by atoms with Gasteiger partial charge in [-0.1, -0.05) is 20.3 Å². The Morgan fingerprint density at radius 3 is 2.71 bits per heavy atom. The van der Waals surface area contributed by atoms with Gasteiger partial charge in [-0.2, -0.15) is 0 Å². The molecule has 0 amide bonds. The van der Waals surface area contributed by atoms with Gasteiger partial charge in [0.1, 0.15) is 9.88 Å². The van der Waals surface area contributed by atoms with Crippen molar-refractivity contribution in [3.05, 3.63) is 15.6 Å². The Balaban J connectivity index is 2.25. The highest BCUT2D eigenvalue weighted by Crippen LogP contribution is 2.31. The molecule has 0 aromatic carbocycles. The minimum Gasteiger partial charge on any atom is -0.465 e. The highest BCUT2D eigenvalue weighted by molar-refractivity contribution is 7.13. The van der Waals surface area contributed by atoms with Crippen LogP contribution < -0.4 is 5.32 Å². The second kappa shape index (κ2) is 7.87. The largest absolute Gasteiger partial charge is 0.465 e. The molecule has 2 rings (SSSR count). The van der Waals surface area contributed by atoms with Gasteiger partial charge in [0.25, 0.3) is 0 Å². The molecule has 0 radical (unpaired) electrons. The first-order chi connectivity index (χ1) is 10.2. The molecular weight excluding hydrogens is 286 g/mol. The number of hydrogen-bond acceptors (Lipinski definition) is 6. The van der Waals surface area contributed by atoms with Gasteiger partial charge >= 0.3 is 5.97 Å². The van der Waals surface area contributed by atoms with Gasteiger partial charge in [-0.3, -0.25) is 4.90 Å². The number of nitrogens with one attached hydrogen (secondary N) is 1. The second-order valence-electron chi connectivity index (χ2n) is 5.28. The molecular formula is C15H25N3O2S. The van der Waals surface area contributed by atoms with Crippen molar-refractivity contribution < 1.29 is 9.53 Å². The van der Waals surface area contributed by atoms with Gasteiger partial charge < -0.3 is 10.1 Å². The number of hydrogen-bond donors (Lipinski definition) is 1. The molecule has 1 fully saturated rings. The van der Waals surface area contributed by atoms with Gasteiger partial charge in [0, 0.05) is 26.2 Å². The van der Waals surface area contributed by atoms with Crippen LogP contribution in [-0.2, 0) is 11.2 Å². The molecule has 1 unspecified atom stereocenters. The maximum Gasteiger partial charge on any atom is 0.349 e. The number of thiazole rings is 1. The van der Waals surface area contributed by atoms with Crippen molar-refractivity contribution in [3.8, 4) is 0 Å². The smallest absolute Gasteiger partial charge is 0.349 e. The number of carbonyl (C=O) groups is 1. The summed E-state index contributed by atoms with van der Waals surface area (Å²) in [6, 6.07) is 0.311. The van der Waals surface area contributed by atoms with Crippen LogP contribution in [-0.4, -0.2) is 49.1 Å². The maximum atomic E-state index is 11.9. The van der Waals surface area contributed by atoms with Crippen LogP contribution in [0, 0.1) is 0 Å². The molecule has 0 bridgehead atoms. The fourth-order valence-electron chi connectivity index (χ4n) is 2.75. The lowest BCUT2D eigenvalue weighted by Crippen LogP contribution is -2.45. The van der Waals surface area contributed by atoms with E-state index in [1.807, 2.05) is 0 Å². The molecule has 1 aliphatic rings. The van der Waals surface area contributed by atoms with E-state index in [4.69, 9.17) is 9.72 Å². The first-order valence-corrected chi connectivity index (χ1v) is 8.55. The van der Waals surface area contributed by atoms with Crippen LogP contribution in [0.25, 0.3) is 0 Å². The second-order valence-corrected chi connectivity index (χ2v) is 6.31. The van der Waals surface area contributed by atoms with Crippen LogP contribution in [0.3, 0.4) is 0 Å². The number of rotatable bonds is 6. The molecule has 118 valence electrons. The first kappa shape index (κ1) is 16.4. The quantitative estimate of drug-likeness (QED) is 0.817. The van der Waals surface area contributed by atoms with E-state index in [1.54, 1.807) is 0 Å². The number of nitrogens with zero attached hydrogens (tertiary/aromatic N) is 2. The van der Waals surface area contributed by atoms with Gasteiger partial charge in [-0.05, 0) is 12.8 Å². The Bertz CT molecular complexity index is 469. The Morgan fingerprint density at radius 2 is 2.14 bits per heavy atom. The lowest BCUT2D eigenvalue weighted by atomic mass is 10.1. The summed E-state index contributed by atoms with van der Waals surface area (Å²) in [5.41, 5.74) is 0.901. The van der Waals surface area contributed by atoms with E-state index in [9.17, 15) is 4.79 Å². The monoisotopic (exact) mass is 311 g/mol. The van der Waals surface area contributed by atoms with Crippen molar-refractivity contribution in [2.24, 2.45) is 0 Å². The van der Waals surface area contributed by atoms with Gasteiger partial charge in [-0.25, -0.2) is 9.78 Å². The molecule has 1 aliphatic heterocycles. The fourth-order valence-corrected chi connectivity index (χ4v) is 4.00. The zero-order valence-electron chi connectivity index (χ0n) is 13.1. The maximum absolute atomic E-state index is 11.9. The number of ether oxygens (including phenoxy) is 1. The Morgan fingerprint density at radius 1 is 1.43 bits per heavy atom. The molecule has 1 aromatic heterocycles. The normalized spacial score (nSPS) is 17.7. The zero-order valence-corrected chi connectivity index (χ0v) is 14.0. The van der Waals surface area contributed by atoms with Crippen molar-refractivity contribution in [2.75, 3.05) is 33.3 Å². The van der Waals surface area contributed by atoms with E-state index >= 15 is 0 Å². The third kappa shape index (κ3) is 3.81. The number of aromatic nitrogens is 1. The van der Waals surface area contributed by atoms with Gasteiger partial charge in [-0.15, -0.1) is 11.3 Å². The molecule has 21 heavy (non-hydrogen) atoms. The summed E-state index contributed by atoms with van der Waals surface area (Å²) in [5.74, 6) is -0.252. The lowest BCUT2D eigenvalue weighted by molar-refractivity contribution is 0.0605. The number of methoxy groups -OCH3 is 1. The number of esters is 1. The van der Waals surface area contributed by atoms with Crippen molar-refractivity contribution in [3.63, 3.8) is 0 Å². The first-order valence-electron chi connectivity index (χ1n) is 7.73. The number of aryl methyl sites for hydroxylation is 1. The van der Waals surface area contributed by atoms with Crippen LogP contribution >= 0.6 is 11.3 Å². The molecule has 1 atom stereocenters. The average molecular weight is 311 g/mol. The van der Waals surface area contributed by atoms with Crippen LogP contribution in [0.15, 0.2) is 0 Å². The average Bonchev–Trinajstić information content (AvgIpc) is 2.92. The highest BCUT2D eigenvalue weighted by atomic mass is 32.1. The Kier molecular flexibility index (Phi) is 6.14. The summed E-state index contributed by atoms with van der Waals surface area (Å²) < 4.78 is 4.90. The van der Waals surface area contributed by atoms with Crippen molar-refractivity contribution >= 4 is 17.3 Å². The third-order valence-electron chi connectivity index (χ3n) is 3.84. The van der Waals surface area contributed by atoms with E-state index < -0.39 is 0 Å². The molecule has 5 nitrogen and oxygen atoms in total. The van der Waals surface area contributed by atoms with Gasteiger partial charge in [0.2, 0.25) is 0 Å². The SMILES string of the molecule is CCCc1nc(C(CC)N2CCNCC2)sc1C(=O)OC. The standard InChI is InChI=1S/C15H25N3O2S/c1-4-6-11-13(15(19)20-3)21-14(17-11)12(5-2)18-9-7-16-8-10-18/h12,16H,4-10H2,1-3H3. The lowest BCUT2D eigenvalue weighted by Gasteiger charge is -2.33. The summed E-state index contributed by atoms with van der Waals surface area (Å²) in [6.07, 6.45) is 2.83. The molecule has 0 saturated carbocycles. The van der Waals surface area contributed by atoms with Crippen LogP contribution in [0.4, 0.5) is 0 Å². The highest BCUT2D eigenvalue weighted by Gasteiger charge is 2.26. The van der Waals surface area contributed by atoms with E-state index in [-0.39, 0.29) is 5.97 Å². The van der Waals surface area contributed by atoms with Crippen molar-refractivity contribution in [2.45, 2.75) is 39.2 Å². The summed E-state index contributed by atoms with van der Waals surface area (Å²) in [5, 5.41) is 4.44. The zero-order chi connectivity index (χ0) is 15.2. The van der Waals surface area contributed by atoms with E-state index in [0.717, 1.165) is 56.1 Å². The molecule has 6 heteroatoms. The summed E-state index contributed by atoms with van der Waals surface area (Å²) >= 11 is 1.51. The minimum atomic E-state index is -0.252. The van der Waals surface area contributed by atoms with Gasteiger partial charge in [0.05, 0.1) is 18.8 Å². The molecule has 0 aliphatic carbocycles. The number of carbonyl (C=O) groups excluding carboxylic acids is 1. The number of piperazine rings is 1. The predicted molar refractivity (Wildman–Crippen MR) is 84.9 cm³/mol. The Labute approximate surface area is 130 Å². The Hall–Kier alpha value is -0.980. The van der Waals surface area contributed by atoms with Gasteiger partial charge in [0.15, 0.2) is 0 Å². The molecule has 0 spiro atoms. The van der Waals surface area contributed by atoms with Crippen LogP contribution in [0.5, 0.6) is 0 Å². The molecule has 1 N–H and O–H groups in total. The van der Waals surface area contributed by atoms with Crippen molar-refractivity contribution in [1.29, 1.82) is 0 Å². The predicted octanol–water partition coefficient (Wildman–Crippen LogP) is 2.24. The molecule has 1 saturated heterocycles. The summed E-state index contributed by atoms with van der Waals surface area (Å²) in [6.45, 7) is 8.41. The summed E-state index contributed by atoms with van der Waals surface area (Å²) in [7, 11) is 1.44. The van der Waals surface area contributed by atoms with Crippen LogP contribution in [0.1, 0.15) is 53.1 Å². The summed E-state index contributed by atoms with van der Waals surface area (Å²) in [4.78, 5) is 19.9. The van der Waals surface area contributed by atoms with Crippen molar-refractivity contribution in [1.82, 2.24) is 15.2 Å². The van der Waals surface area contributed by atoms with E-state index in [1.165, 1.54) is 18.4 Å². The fraction of sp³-hybridized carbons (Fsp3) is 0.733. The third-order valence-corrected chi connectivity index (χ3v) is 5.01. The minimum absolute atomic E-state index is 0.252. The van der Waals surface area contributed by atoms with Crippen LogP contribution in [0.2, 0.25) is 0 Å². The van der Waals surface area contributed by atoms with E-state index in [0.29, 0.717) is 10.9 Å². The topological polar surface area (TPSA) is 54.5 Å². The van der Waals surface area contributed by atoms with E-state index in [2.05, 4.69) is 24.1 Å². The molecule has 1 aromatic rings. The molecule has 2 heterocycles.